The number of aliphatic carboxylic acids is 1. The highest BCUT2D eigenvalue weighted by Crippen LogP contribution is 2.40. The number of fused-ring (bicyclic) bond motifs is 1. The SMILES string of the molecule is CC1(C)C(CC(=O)/C(=N\O[C@@H](COc2ccc3nc(CC4CC(N)C4)ccc3c2)C(=O)O)c2csc(N)n2)C(=O)N1OS(=O)(=O)O. The lowest BCUT2D eigenvalue weighted by Crippen LogP contribution is -2.68. The summed E-state index contributed by atoms with van der Waals surface area (Å²) in [4.78, 5) is 51.9. The number of nitrogen functional groups attached to an aromatic ring is 1. The van der Waals surface area contributed by atoms with E-state index in [9.17, 15) is 27.9 Å². The normalized spacial score (nSPS) is 21.7. The minimum atomic E-state index is -4.99. The van der Waals surface area contributed by atoms with Crippen molar-refractivity contribution in [2.75, 3.05) is 12.3 Å². The summed E-state index contributed by atoms with van der Waals surface area (Å²) in [7, 11) is -4.99. The first kappa shape index (κ1) is 33.1. The molecule has 46 heavy (non-hydrogen) atoms. The number of Topliss-reactive ketones (excluding diaryl/α,β-unsaturated/α-hetero) is 1. The number of carbonyl (C=O) groups excluding carboxylic acids is 2. The van der Waals surface area contributed by atoms with E-state index in [0.29, 0.717) is 16.7 Å². The summed E-state index contributed by atoms with van der Waals surface area (Å²) >= 11 is 0.990. The Hall–Kier alpha value is -4.23. The number of amides is 1. The number of carbonyl (C=O) groups is 3. The maximum atomic E-state index is 13.3. The van der Waals surface area contributed by atoms with Crippen LogP contribution in [0.5, 0.6) is 5.75 Å². The fourth-order valence-electron chi connectivity index (χ4n) is 5.32. The Morgan fingerprint density at radius 2 is 1.96 bits per heavy atom. The van der Waals surface area contributed by atoms with Gasteiger partial charge in [0.1, 0.15) is 18.1 Å². The first-order chi connectivity index (χ1) is 21.6. The zero-order valence-electron chi connectivity index (χ0n) is 24.7. The van der Waals surface area contributed by atoms with E-state index in [2.05, 4.69) is 14.4 Å². The third-order valence-corrected chi connectivity index (χ3v) is 8.91. The molecule has 0 bridgehead atoms. The van der Waals surface area contributed by atoms with Crippen molar-refractivity contribution in [1.29, 1.82) is 0 Å². The number of thiazole rings is 1. The first-order valence-corrected chi connectivity index (χ1v) is 16.4. The molecule has 1 aliphatic heterocycles. The second kappa shape index (κ2) is 12.9. The highest BCUT2D eigenvalue weighted by molar-refractivity contribution is 7.80. The van der Waals surface area contributed by atoms with Crippen molar-refractivity contribution in [3.8, 4) is 5.75 Å². The van der Waals surface area contributed by atoms with Crippen LogP contribution in [-0.2, 0) is 40.3 Å². The molecule has 2 aromatic heterocycles. The van der Waals surface area contributed by atoms with E-state index in [1.54, 1.807) is 18.2 Å². The lowest BCUT2D eigenvalue weighted by molar-refractivity contribution is -0.228. The number of aromatic nitrogens is 2. The number of hydrogen-bond acceptors (Lipinski definition) is 14. The highest BCUT2D eigenvalue weighted by Gasteiger charge is 2.57. The van der Waals surface area contributed by atoms with Gasteiger partial charge >= 0.3 is 16.4 Å². The second-order valence-corrected chi connectivity index (χ2v) is 13.6. The Morgan fingerprint density at radius 1 is 1.22 bits per heavy atom. The van der Waals surface area contributed by atoms with Crippen LogP contribution in [0.4, 0.5) is 5.13 Å². The zero-order chi connectivity index (χ0) is 33.4. The Kier molecular flexibility index (Phi) is 9.28. The number of anilines is 1. The van der Waals surface area contributed by atoms with Gasteiger partial charge in [0, 0.05) is 28.9 Å². The van der Waals surface area contributed by atoms with Crippen LogP contribution in [0.25, 0.3) is 10.9 Å². The number of hydrogen-bond donors (Lipinski definition) is 4. The van der Waals surface area contributed by atoms with Gasteiger partial charge in [0.2, 0.25) is 0 Å². The monoisotopic (exact) mass is 676 g/mol. The van der Waals surface area contributed by atoms with Gasteiger partial charge in [0.15, 0.2) is 16.6 Å². The molecule has 16 nitrogen and oxygen atoms in total. The number of hydroxylamine groups is 2. The van der Waals surface area contributed by atoms with Gasteiger partial charge in [-0.05, 0) is 63.3 Å². The molecule has 1 unspecified atom stereocenters. The number of carboxylic acids is 1. The predicted molar refractivity (Wildman–Crippen MR) is 164 cm³/mol. The van der Waals surface area contributed by atoms with E-state index < -0.39 is 64.4 Å². The van der Waals surface area contributed by atoms with Crippen LogP contribution < -0.4 is 16.2 Å². The van der Waals surface area contributed by atoms with Crippen molar-refractivity contribution in [2.45, 2.75) is 57.2 Å². The Balaban J connectivity index is 1.26. The average molecular weight is 677 g/mol. The molecule has 6 N–H and O–H groups in total. The topological polar surface area (TPSA) is 247 Å². The van der Waals surface area contributed by atoms with E-state index in [1.807, 2.05) is 12.1 Å². The summed E-state index contributed by atoms with van der Waals surface area (Å²) in [5.41, 5.74) is 11.6. The van der Waals surface area contributed by atoms with Crippen LogP contribution in [0.3, 0.4) is 0 Å². The van der Waals surface area contributed by atoms with E-state index in [0.717, 1.165) is 47.2 Å². The third kappa shape index (κ3) is 7.42. The number of oxime groups is 1. The van der Waals surface area contributed by atoms with Crippen molar-refractivity contribution < 1.29 is 46.3 Å². The quantitative estimate of drug-likeness (QED) is 0.0822. The summed E-state index contributed by atoms with van der Waals surface area (Å²) in [6.07, 6.45) is 0.690. The average Bonchev–Trinajstić information content (AvgIpc) is 3.40. The molecule has 1 amide bonds. The molecule has 2 aliphatic rings. The minimum Gasteiger partial charge on any atom is -0.489 e. The molecule has 246 valence electrons. The summed E-state index contributed by atoms with van der Waals surface area (Å²) < 4.78 is 41.2. The highest BCUT2D eigenvalue weighted by atomic mass is 32.3. The van der Waals surface area contributed by atoms with Crippen LogP contribution in [0, 0.1) is 11.8 Å². The number of rotatable bonds is 14. The van der Waals surface area contributed by atoms with Crippen LogP contribution in [0.1, 0.15) is 44.5 Å². The molecule has 2 atom stereocenters. The van der Waals surface area contributed by atoms with Crippen LogP contribution in [0.2, 0.25) is 0 Å². The third-order valence-electron chi connectivity index (χ3n) is 7.90. The smallest absolute Gasteiger partial charge is 0.418 e. The van der Waals surface area contributed by atoms with Crippen molar-refractivity contribution in [2.24, 2.45) is 22.7 Å². The number of pyridine rings is 1. The van der Waals surface area contributed by atoms with Gasteiger partial charge in [-0.2, -0.15) is 13.5 Å². The summed E-state index contributed by atoms with van der Waals surface area (Å²) in [6, 6.07) is 9.26. The molecular formula is C28H32N6O10S2. The lowest BCUT2D eigenvalue weighted by Gasteiger charge is -2.50. The lowest BCUT2D eigenvalue weighted by atomic mass is 9.74. The van der Waals surface area contributed by atoms with Gasteiger partial charge < -0.3 is 26.1 Å². The van der Waals surface area contributed by atoms with Gasteiger partial charge in [0.05, 0.1) is 17.0 Å². The molecule has 1 saturated heterocycles. The maximum Gasteiger partial charge on any atom is 0.418 e. The van der Waals surface area contributed by atoms with Crippen molar-refractivity contribution in [1.82, 2.24) is 15.0 Å². The molecule has 0 radical (unpaired) electrons. The number of nitrogens with two attached hydrogens (primary N) is 2. The van der Waals surface area contributed by atoms with Crippen molar-refractivity contribution >= 4 is 61.1 Å². The van der Waals surface area contributed by atoms with Crippen LogP contribution in [0.15, 0.2) is 40.9 Å². The summed E-state index contributed by atoms with van der Waals surface area (Å²) in [6.45, 7) is 2.38. The molecule has 0 spiro atoms. The molecule has 3 heterocycles. The van der Waals surface area contributed by atoms with Crippen LogP contribution in [-0.4, -0.2) is 80.8 Å². The Morgan fingerprint density at radius 3 is 2.57 bits per heavy atom. The molecular weight excluding hydrogens is 644 g/mol. The van der Waals surface area contributed by atoms with Crippen molar-refractivity contribution in [3.05, 3.63) is 47.1 Å². The number of carboxylic acid groups (broad SMARTS) is 1. The largest absolute Gasteiger partial charge is 0.489 e. The molecule has 1 saturated carbocycles. The van der Waals surface area contributed by atoms with Gasteiger partial charge in [-0.1, -0.05) is 11.2 Å². The Bertz CT molecular complexity index is 1800. The molecule has 1 aliphatic carbocycles. The van der Waals surface area contributed by atoms with Gasteiger partial charge in [-0.15, -0.1) is 15.6 Å². The van der Waals surface area contributed by atoms with E-state index in [4.69, 9.17) is 30.6 Å². The first-order valence-electron chi connectivity index (χ1n) is 14.1. The van der Waals surface area contributed by atoms with Crippen molar-refractivity contribution in [3.63, 3.8) is 0 Å². The molecule has 18 heteroatoms. The predicted octanol–water partition coefficient (Wildman–Crippen LogP) is 1.74. The fraction of sp³-hybridized carbons (Fsp3) is 0.429. The Labute approximate surface area is 267 Å². The second-order valence-electron chi connectivity index (χ2n) is 11.7. The maximum absolute atomic E-state index is 13.3. The van der Waals surface area contributed by atoms with E-state index >= 15 is 0 Å². The molecule has 1 aromatic carbocycles. The molecule has 3 aromatic rings. The molecule has 2 fully saturated rings. The number of β-lactam (4-membered cyclic amide) rings is 1. The van der Waals surface area contributed by atoms with Gasteiger partial charge in [-0.25, -0.2) is 9.78 Å². The van der Waals surface area contributed by atoms with Crippen LogP contribution >= 0.6 is 11.3 Å². The number of ketones is 1. The van der Waals surface area contributed by atoms with E-state index in [-0.39, 0.29) is 16.9 Å². The van der Waals surface area contributed by atoms with Gasteiger partial charge in [-0.3, -0.25) is 19.1 Å². The fourth-order valence-corrected chi connectivity index (χ4v) is 6.32. The number of ether oxygens (including phenoxy) is 1. The van der Waals surface area contributed by atoms with E-state index in [1.165, 1.54) is 19.2 Å². The zero-order valence-corrected chi connectivity index (χ0v) is 26.4. The number of benzene rings is 1. The summed E-state index contributed by atoms with van der Waals surface area (Å²) in [5, 5.41) is 16.3. The minimum absolute atomic E-state index is 0.0188. The molecule has 5 rings (SSSR count). The van der Waals surface area contributed by atoms with Gasteiger partial charge in [0.25, 0.3) is 12.0 Å². The number of nitrogens with zero attached hydrogens (tertiary/aromatic N) is 4. The standard InChI is InChI=1S/C28H32N6O10S2/c1-28(2)19(25(36)34(28)44-46(39,40)41)11-22(35)24(21-13-45-27(30)32-21)33-43-23(26(37)38)12-42-18-5-6-20-15(10-18)3-4-17(31-20)9-14-7-16(29)8-14/h3-6,10,13-14,16,19,23H,7-9,11-12,29H2,1-2H3,(H2,30,32)(H,37,38)(H,39,40,41)/b33-24-/t14?,16?,19?,23-/m0/s1. The summed E-state index contributed by atoms with van der Waals surface area (Å²) in [5.74, 6) is -3.25.